The molecule has 4 rings (SSSR count). The molecule has 2 aromatic carbocycles. The van der Waals surface area contributed by atoms with Gasteiger partial charge in [0.1, 0.15) is 12.4 Å². The summed E-state index contributed by atoms with van der Waals surface area (Å²) < 4.78 is 8.01. The number of halogens is 1. The van der Waals surface area contributed by atoms with Crippen molar-refractivity contribution in [2.75, 3.05) is 0 Å². The summed E-state index contributed by atoms with van der Waals surface area (Å²) in [6.45, 7) is 8.11. The maximum Gasteiger partial charge on any atom is 0.293 e. The average Bonchev–Trinajstić information content (AvgIpc) is 3.22. The first-order chi connectivity index (χ1) is 15.8. The molecule has 2 heterocycles. The Bertz CT molecular complexity index is 1240. The van der Waals surface area contributed by atoms with Crippen LogP contribution in [0.4, 0.5) is 4.79 Å². The first kappa shape index (κ1) is 23.2. The number of benzene rings is 2. The van der Waals surface area contributed by atoms with Crippen LogP contribution >= 0.6 is 23.4 Å². The second kappa shape index (κ2) is 9.49. The van der Waals surface area contributed by atoms with E-state index in [1.165, 1.54) is 4.90 Å². The minimum atomic E-state index is -0.232. The highest BCUT2D eigenvalue weighted by molar-refractivity contribution is 8.18. The molecule has 0 unspecified atom stereocenters. The molecule has 1 fully saturated rings. The number of aryl methyl sites for hydroxylation is 1. The summed E-state index contributed by atoms with van der Waals surface area (Å²) in [6.07, 6.45) is 1.81. The van der Waals surface area contributed by atoms with Crippen molar-refractivity contribution in [3.05, 3.63) is 87.0 Å². The molecule has 0 atom stereocenters. The standard InChI is InChI=1S/C26H25ClN2O3S/c1-16(2)28-25(30)24(33-26(28)31)14-20-13-17(3)29(18(20)4)21-9-11-22(12-10-21)32-15-19-7-5-6-8-23(19)27/h5-14,16H,15H2,1-4H3/b24-14+. The van der Waals surface area contributed by atoms with Gasteiger partial charge in [0.25, 0.3) is 11.1 Å². The molecule has 0 bridgehead atoms. The van der Waals surface area contributed by atoms with E-state index in [1.54, 1.807) is 0 Å². The number of thioether (sulfide) groups is 1. The van der Waals surface area contributed by atoms with Crippen molar-refractivity contribution in [1.82, 2.24) is 9.47 Å². The van der Waals surface area contributed by atoms with Crippen molar-refractivity contribution < 1.29 is 14.3 Å². The van der Waals surface area contributed by atoms with Crippen LogP contribution in [0.15, 0.2) is 59.5 Å². The Hall–Kier alpha value is -2.96. The van der Waals surface area contributed by atoms with Crippen molar-refractivity contribution in [3.8, 4) is 11.4 Å². The number of amides is 2. The molecule has 1 aliphatic rings. The lowest BCUT2D eigenvalue weighted by Gasteiger charge is -2.16. The summed E-state index contributed by atoms with van der Waals surface area (Å²) in [5, 5.41) is 0.467. The van der Waals surface area contributed by atoms with Crippen LogP contribution in [0.1, 0.15) is 36.4 Å². The third-order valence-corrected chi connectivity index (χ3v) is 6.80. The maximum atomic E-state index is 12.6. The maximum absolute atomic E-state index is 12.6. The molecule has 3 aromatic rings. The highest BCUT2D eigenvalue weighted by Gasteiger charge is 2.36. The summed E-state index contributed by atoms with van der Waals surface area (Å²) in [6, 6.07) is 17.4. The van der Waals surface area contributed by atoms with Crippen LogP contribution in [0.25, 0.3) is 11.8 Å². The number of hydrogen-bond acceptors (Lipinski definition) is 4. The van der Waals surface area contributed by atoms with Crippen LogP contribution in [0.5, 0.6) is 5.75 Å². The first-order valence-electron chi connectivity index (χ1n) is 10.7. The Morgan fingerprint density at radius 2 is 1.76 bits per heavy atom. The Kier molecular flexibility index (Phi) is 6.68. The van der Waals surface area contributed by atoms with Gasteiger partial charge in [0.2, 0.25) is 0 Å². The minimum Gasteiger partial charge on any atom is -0.489 e. The lowest BCUT2D eigenvalue weighted by molar-refractivity contribution is -0.123. The largest absolute Gasteiger partial charge is 0.489 e. The van der Waals surface area contributed by atoms with Crippen LogP contribution in [0.3, 0.4) is 0 Å². The zero-order valence-electron chi connectivity index (χ0n) is 19.0. The number of carbonyl (C=O) groups excluding carboxylic acids is 2. The molecule has 1 saturated heterocycles. The number of hydrogen-bond donors (Lipinski definition) is 0. The summed E-state index contributed by atoms with van der Waals surface area (Å²) >= 11 is 7.20. The summed E-state index contributed by atoms with van der Waals surface area (Å²) in [5.74, 6) is 0.522. The SMILES string of the molecule is Cc1cc(/C=C2/SC(=O)N(C(C)C)C2=O)c(C)n1-c1ccc(OCc2ccccc2Cl)cc1. The van der Waals surface area contributed by atoms with Crippen molar-refractivity contribution in [2.24, 2.45) is 0 Å². The molecule has 0 radical (unpaired) electrons. The number of ether oxygens (including phenoxy) is 1. The van der Waals surface area contributed by atoms with Gasteiger partial charge in [0.15, 0.2) is 0 Å². The van der Waals surface area contributed by atoms with Crippen LogP contribution in [-0.2, 0) is 11.4 Å². The average molecular weight is 481 g/mol. The predicted octanol–water partition coefficient (Wildman–Crippen LogP) is 6.77. The van der Waals surface area contributed by atoms with Crippen LogP contribution in [0, 0.1) is 13.8 Å². The van der Waals surface area contributed by atoms with E-state index < -0.39 is 0 Å². The molecule has 0 aliphatic carbocycles. The van der Waals surface area contributed by atoms with Gasteiger partial charge in [-0.05, 0) is 87.5 Å². The first-order valence-corrected chi connectivity index (χ1v) is 11.9. The third-order valence-electron chi connectivity index (χ3n) is 5.54. The summed E-state index contributed by atoms with van der Waals surface area (Å²) in [7, 11) is 0. The molecular weight excluding hydrogens is 456 g/mol. The van der Waals surface area contributed by atoms with Gasteiger partial charge in [-0.15, -0.1) is 0 Å². The monoisotopic (exact) mass is 480 g/mol. The van der Waals surface area contributed by atoms with E-state index in [0.29, 0.717) is 16.5 Å². The van der Waals surface area contributed by atoms with Gasteiger partial charge >= 0.3 is 0 Å². The van der Waals surface area contributed by atoms with Gasteiger partial charge in [0, 0.05) is 33.7 Å². The second-order valence-corrected chi connectivity index (χ2v) is 9.58. The zero-order chi connectivity index (χ0) is 23.7. The van der Waals surface area contributed by atoms with Gasteiger partial charge in [-0.25, -0.2) is 0 Å². The summed E-state index contributed by atoms with van der Waals surface area (Å²) in [5.41, 5.74) is 4.87. The Morgan fingerprint density at radius 3 is 2.39 bits per heavy atom. The lowest BCUT2D eigenvalue weighted by Crippen LogP contribution is -2.34. The smallest absolute Gasteiger partial charge is 0.293 e. The Balaban J connectivity index is 1.54. The van der Waals surface area contributed by atoms with Crippen molar-refractivity contribution in [2.45, 2.75) is 40.3 Å². The molecule has 1 aromatic heterocycles. The van der Waals surface area contributed by atoms with Crippen molar-refractivity contribution in [1.29, 1.82) is 0 Å². The van der Waals surface area contributed by atoms with E-state index in [0.717, 1.165) is 45.7 Å². The number of imide groups is 1. The van der Waals surface area contributed by atoms with Crippen LogP contribution in [0.2, 0.25) is 5.02 Å². The van der Waals surface area contributed by atoms with E-state index in [9.17, 15) is 9.59 Å². The number of rotatable bonds is 6. The Morgan fingerprint density at radius 1 is 1.06 bits per heavy atom. The van der Waals surface area contributed by atoms with Gasteiger partial charge < -0.3 is 9.30 Å². The number of carbonyl (C=O) groups is 2. The van der Waals surface area contributed by atoms with Crippen molar-refractivity contribution >= 4 is 40.6 Å². The molecule has 0 N–H and O–H groups in total. The zero-order valence-corrected chi connectivity index (χ0v) is 20.5. The van der Waals surface area contributed by atoms with E-state index in [4.69, 9.17) is 16.3 Å². The minimum absolute atomic E-state index is 0.158. The second-order valence-electron chi connectivity index (χ2n) is 8.18. The molecule has 1 aliphatic heterocycles. The van der Waals surface area contributed by atoms with E-state index in [-0.39, 0.29) is 17.2 Å². The fourth-order valence-electron chi connectivity index (χ4n) is 3.87. The molecule has 0 spiro atoms. The molecule has 2 amide bonds. The fraction of sp³-hybridized carbons (Fsp3) is 0.231. The fourth-order valence-corrected chi connectivity index (χ4v) is 5.01. The van der Waals surface area contributed by atoms with E-state index in [1.807, 2.05) is 88.4 Å². The molecular formula is C26H25ClN2O3S. The van der Waals surface area contributed by atoms with E-state index >= 15 is 0 Å². The normalized spacial score (nSPS) is 15.2. The molecule has 33 heavy (non-hydrogen) atoms. The predicted molar refractivity (Wildman–Crippen MR) is 134 cm³/mol. The lowest BCUT2D eigenvalue weighted by atomic mass is 10.2. The number of aromatic nitrogens is 1. The van der Waals surface area contributed by atoms with Gasteiger partial charge in [-0.2, -0.15) is 0 Å². The summed E-state index contributed by atoms with van der Waals surface area (Å²) in [4.78, 5) is 26.6. The van der Waals surface area contributed by atoms with Gasteiger partial charge in [0.05, 0.1) is 4.91 Å². The molecule has 7 heteroatoms. The highest BCUT2D eigenvalue weighted by atomic mass is 35.5. The quantitative estimate of drug-likeness (QED) is 0.365. The van der Waals surface area contributed by atoms with Gasteiger partial charge in [-0.3, -0.25) is 14.5 Å². The van der Waals surface area contributed by atoms with Crippen LogP contribution in [-0.4, -0.2) is 26.7 Å². The highest BCUT2D eigenvalue weighted by Crippen LogP contribution is 2.35. The third kappa shape index (κ3) is 4.72. The van der Waals surface area contributed by atoms with Gasteiger partial charge in [-0.1, -0.05) is 29.8 Å². The van der Waals surface area contributed by atoms with Crippen LogP contribution < -0.4 is 4.74 Å². The number of nitrogens with zero attached hydrogens (tertiary/aromatic N) is 2. The Labute approximate surface area is 203 Å². The van der Waals surface area contributed by atoms with E-state index in [2.05, 4.69) is 4.57 Å². The molecule has 0 saturated carbocycles. The van der Waals surface area contributed by atoms with Crippen molar-refractivity contribution in [3.63, 3.8) is 0 Å². The molecule has 170 valence electrons. The molecule has 5 nitrogen and oxygen atoms in total. The topological polar surface area (TPSA) is 51.5 Å².